The Morgan fingerprint density at radius 1 is 1.38 bits per heavy atom. The Morgan fingerprint density at radius 2 is 2.12 bits per heavy atom. The molecule has 1 atom stereocenters. The van der Waals surface area contributed by atoms with Crippen LogP contribution in [0.15, 0.2) is 21.7 Å². The lowest BCUT2D eigenvalue weighted by Crippen LogP contribution is -2.37. The van der Waals surface area contributed by atoms with Gasteiger partial charge in [-0.05, 0) is 25.7 Å². The molecule has 0 aromatic carbocycles. The summed E-state index contributed by atoms with van der Waals surface area (Å²) in [6.07, 6.45) is 6.55. The number of H-pyrrole nitrogens is 1. The van der Waals surface area contributed by atoms with Gasteiger partial charge in [0.05, 0.1) is 5.92 Å². The van der Waals surface area contributed by atoms with Crippen LogP contribution in [0.2, 0.25) is 0 Å². The van der Waals surface area contributed by atoms with E-state index in [1.54, 1.807) is 0 Å². The lowest BCUT2D eigenvalue weighted by Gasteiger charge is -2.16. The highest BCUT2D eigenvalue weighted by molar-refractivity contribution is 6.01. The van der Waals surface area contributed by atoms with Crippen LogP contribution in [0, 0.1) is 5.92 Å². The Labute approximate surface area is 138 Å². The molecule has 0 bridgehead atoms. The van der Waals surface area contributed by atoms with Gasteiger partial charge in [-0.25, -0.2) is 4.79 Å². The number of hydrogen-bond acceptors (Lipinski definition) is 6. The summed E-state index contributed by atoms with van der Waals surface area (Å²) in [5, 5.41) is 0. The highest BCUT2D eigenvalue weighted by Gasteiger charge is 2.24. The fraction of sp³-hybridized carbons (Fsp3) is 0.500. The molecule has 24 heavy (non-hydrogen) atoms. The number of carbonyl (C=O) groups excluding carboxylic acids is 2. The molecule has 0 fully saturated rings. The molecule has 1 heterocycles. The number of ketones is 1. The molecule has 0 spiro atoms. The smallest absolute Gasteiger partial charge is 0.329 e. The second kappa shape index (κ2) is 7.76. The van der Waals surface area contributed by atoms with E-state index in [9.17, 15) is 19.2 Å². The third kappa shape index (κ3) is 3.81. The van der Waals surface area contributed by atoms with E-state index in [1.165, 1.54) is 0 Å². The standard InChI is InChI=1S/C16H21N3O5/c1-2-8-19-13(17)12(14(21)18-16(19)23)11(20)9-24-15(22)10-6-4-3-5-7-10/h3-4,10H,2,5-9,17H2,1H3,(H,18,21,23)/t10-/m1/s1. The van der Waals surface area contributed by atoms with Crippen molar-refractivity contribution in [2.75, 3.05) is 12.3 Å². The summed E-state index contributed by atoms with van der Waals surface area (Å²) in [5.74, 6) is -1.66. The molecule has 1 aliphatic rings. The monoisotopic (exact) mass is 335 g/mol. The SMILES string of the molecule is CCCn1c(N)c(C(=O)COC(=O)[C@@H]2CC=CCC2)c(=O)[nH]c1=O. The van der Waals surface area contributed by atoms with E-state index in [-0.39, 0.29) is 23.8 Å². The molecule has 0 aliphatic heterocycles. The highest BCUT2D eigenvalue weighted by Crippen LogP contribution is 2.19. The molecule has 1 aromatic rings. The van der Waals surface area contributed by atoms with Crippen LogP contribution in [0.3, 0.4) is 0 Å². The number of esters is 1. The third-order valence-electron chi connectivity index (χ3n) is 3.91. The Hall–Kier alpha value is -2.64. The van der Waals surface area contributed by atoms with Crippen LogP contribution in [0.5, 0.6) is 0 Å². The van der Waals surface area contributed by atoms with Crippen molar-refractivity contribution in [2.24, 2.45) is 5.92 Å². The minimum atomic E-state index is -0.869. The molecular weight excluding hydrogens is 314 g/mol. The van der Waals surface area contributed by atoms with Crippen molar-refractivity contribution in [1.82, 2.24) is 9.55 Å². The zero-order valence-electron chi connectivity index (χ0n) is 13.5. The van der Waals surface area contributed by atoms with Crippen LogP contribution < -0.4 is 17.0 Å². The number of anilines is 1. The van der Waals surface area contributed by atoms with Crippen molar-refractivity contribution in [3.05, 3.63) is 38.6 Å². The number of nitrogens with zero attached hydrogens (tertiary/aromatic N) is 1. The minimum Gasteiger partial charge on any atom is -0.457 e. The maximum absolute atomic E-state index is 12.2. The molecule has 3 N–H and O–H groups in total. The van der Waals surface area contributed by atoms with Gasteiger partial charge in [-0.2, -0.15) is 0 Å². The van der Waals surface area contributed by atoms with Gasteiger partial charge < -0.3 is 10.5 Å². The maximum atomic E-state index is 12.2. The van der Waals surface area contributed by atoms with Gasteiger partial charge in [0.15, 0.2) is 6.61 Å². The van der Waals surface area contributed by atoms with Gasteiger partial charge in [0.25, 0.3) is 5.56 Å². The quantitative estimate of drug-likeness (QED) is 0.446. The summed E-state index contributed by atoms with van der Waals surface area (Å²) < 4.78 is 6.15. The van der Waals surface area contributed by atoms with E-state index in [0.717, 1.165) is 11.0 Å². The summed E-state index contributed by atoms with van der Waals surface area (Å²) in [7, 11) is 0. The average Bonchev–Trinajstić information content (AvgIpc) is 2.57. The van der Waals surface area contributed by atoms with Gasteiger partial charge in [-0.3, -0.25) is 23.9 Å². The first-order chi connectivity index (χ1) is 11.5. The van der Waals surface area contributed by atoms with Gasteiger partial charge in [0.2, 0.25) is 5.78 Å². The molecule has 0 saturated carbocycles. The van der Waals surface area contributed by atoms with E-state index in [0.29, 0.717) is 19.3 Å². The number of nitrogens with one attached hydrogen (secondary N) is 1. The summed E-state index contributed by atoms with van der Waals surface area (Å²) >= 11 is 0. The molecule has 8 nitrogen and oxygen atoms in total. The largest absolute Gasteiger partial charge is 0.457 e. The number of aromatic amines is 1. The topological polar surface area (TPSA) is 124 Å². The second-order valence-corrected chi connectivity index (χ2v) is 5.68. The zero-order valence-corrected chi connectivity index (χ0v) is 13.5. The fourth-order valence-corrected chi connectivity index (χ4v) is 2.64. The van der Waals surface area contributed by atoms with Crippen LogP contribution in [0.4, 0.5) is 5.82 Å². The number of ether oxygens (including phenoxy) is 1. The van der Waals surface area contributed by atoms with E-state index in [2.05, 4.69) is 4.98 Å². The first-order valence-corrected chi connectivity index (χ1v) is 7.93. The van der Waals surface area contributed by atoms with Crippen LogP contribution >= 0.6 is 0 Å². The maximum Gasteiger partial charge on any atom is 0.329 e. The van der Waals surface area contributed by atoms with Crippen molar-refractivity contribution in [3.63, 3.8) is 0 Å². The van der Waals surface area contributed by atoms with Crippen LogP contribution in [0.1, 0.15) is 43.0 Å². The van der Waals surface area contributed by atoms with Crippen molar-refractivity contribution in [3.8, 4) is 0 Å². The lowest BCUT2D eigenvalue weighted by atomic mass is 9.95. The van der Waals surface area contributed by atoms with E-state index in [4.69, 9.17) is 10.5 Å². The summed E-state index contributed by atoms with van der Waals surface area (Å²) in [6.45, 7) is 1.53. The number of allylic oxidation sites excluding steroid dienone is 2. The van der Waals surface area contributed by atoms with Crippen LogP contribution in [0.25, 0.3) is 0 Å². The summed E-state index contributed by atoms with van der Waals surface area (Å²) in [5.41, 5.74) is 3.91. The van der Waals surface area contributed by atoms with Gasteiger partial charge in [-0.15, -0.1) is 0 Å². The molecule has 130 valence electrons. The van der Waals surface area contributed by atoms with E-state index >= 15 is 0 Å². The normalized spacial score (nSPS) is 16.8. The first kappa shape index (κ1) is 17.7. The second-order valence-electron chi connectivity index (χ2n) is 5.68. The zero-order chi connectivity index (χ0) is 17.7. The molecule has 0 saturated heterocycles. The molecule has 2 rings (SSSR count). The first-order valence-electron chi connectivity index (χ1n) is 7.93. The van der Waals surface area contributed by atoms with Crippen molar-refractivity contribution in [1.29, 1.82) is 0 Å². The Kier molecular flexibility index (Phi) is 5.73. The lowest BCUT2D eigenvalue weighted by molar-refractivity contribution is -0.147. The van der Waals surface area contributed by atoms with Crippen LogP contribution in [-0.4, -0.2) is 27.9 Å². The minimum absolute atomic E-state index is 0.202. The van der Waals surface area contributed by atoms with Crippen molar-refractivity contribution >= 4 is 17.6 Å². The van der Waals surface area contributed by atoms with Gasteiger partial charge in [0.1, 0.15) is 11.4 Å². The molecule has 0 amide bonds. The number of Topliss-reactive ketones (excluding diaryl/α,β-unsaturated/α-hetero) is 1. The number of nitrogen functional groups attached to an aromatic ring is 1. The Balaban J connectivity index is 2.13. The summed E-state index contributed by atoms with van der Waals surface area (Å²) in [6, 6.07) is 0. The number of aromatic nitrogens is 2. The Bertz CT molecular complexity index is 775. The van der Waals surface area contributed by atoms with E-state index < -0.39 is 29.6 Å². The van der Waals surface area contributed by atoms with Gasteiger partial charge in [-0.1, -0.05) is 19.1 Å². The predicted molar refractivity (Wildman–Crippen MR) is 87.8 cm³/mol. The molecule has 0 radical (unpaired) electrons. The van der Waals surface area contributed by atoms with Crippen LogP contribution in [-0.2, 0) is 16.1 Å². The third-order valence-corrected chi connectivity index (χ3v) is 3.91. The fourth-order valence-electron chi connectivity index (χ4n) is 2.64. The Morgan fingerprint density at radius 3 is 2.75 bits per heavy atom. The molecule has 8 heteroatoms. The van der Waals surface area contributed by atoms with Crippen molar-refractivity contribution < 1.29 is 14.3 Å². The molecule has 0 unspecified atom stereocenters. The van der Waals surface area contributed by atoms with Crippen molar-refractivity contribution in [2.45, 2.75) is 39.2 Å². The molecule has 1 aromatic heterocycles. The molecule has 1 aliphatic carbocycles. The summed E-state index contributed by atoms with van der Waals surface area (Å²) in [4.78, 5) is 49.9. The highest BCUT2D eigenvalue weighted by atomic mass is 16.5. The number of carbonyl (C=O) groups is 2. The van der Waals surface area contributed by atoms with Gasteiger partial charge in [0, 0.05) is 6.54 Å². The number of rotatable bonds is 6. The number of hydrogen-bond donors (Lipinski definition) is 2. The molecular formula is C16H21N3O5. The van der Waals surface area contributed by atoms with Gasteiger partial charge >= 0.3 is 11.7 Å². The predicted octanol–water partition coefficient (Wildman–Crippen LogP) is 0.611. The van der Waals surface area contributed by atoms with E-state index in [1.807, 2.05) is 19.1 Å². The number of nitrogens with two attached hydrogens (primary N) is 1. The average molecular weight is 335 g/mol.